The number of hydrogen-bond donors (Lipinski definition) is 2. The van der Waals surface area contributed by atoms with Crippen LogP contribution in [0.2, 0.25) is 0 Å². The van der Waals surface area contributed by atoms with Crippen molar-refractivity contribution in [2.45, 2.75) is 77.5 Å². The molecule has 0 radical (unpaired) electrons. The number of nitrogens with one attached hydrogen (secondary N) is 1. The summed E-state index contributed by atoms with van der Waals surface area (Å²) in [5.74, 6) is 0.388. The average Bonchev–Trinajstić information content (AvgIpc) is 2.39. The highest BCUT2D eigenvalue weighted by Crippen LogP contribution is 2.26. The molecule has 1 saturated carbocycles. The first-order valence-corrected chi connectivity index (χ1v) is 7.46. The lowest BCUT2D eigenvalue weighted by Crippen LogP contribution is -2.48. The summed E-state index contributed by atoms with van der Waals surface area (Å²) in [7, 11) is 0. The molecule has 0 aromatic rings. The summed E-state index contributed by atoms with van der Waals surface area (Å²) in [5.41, 5.74) is -0.177. The van der Waals surface area contributed by atoms with E-state index in [0.717, 1.165) is 32.1 Å². The van der Waals surface area contributed by atoms with E-state index in [9.17, 15) is 4.79 Å². The van der Waals surface area contributed by atoms with E-state index in [1.807, 2.05) is 20.8 Å². The number of aliphatic hydroxyl groups excluding tert-OH is 1. The van der Waals surface area contributed by atoms with Crippen LogP contribution in [0, 0.1) is 5.92 Å². The molecule has 1 rings (SSSR count). The highest BCUT2D eigenvalue weighted by Gasteiger charge is 2.27. The molecule has 0 heterocycles. The Morgan fingerprint density at radius 2 is 1.95 bits per heavy atom. The van der Waals surface area contributed by atoms with Crippen LogP contribution in [0.15, 0.2) is 0 Å². The van der Waals surface area contributed by atoms with Gasteiger partial charge in [0.1, 0.15) is 6.10 Å². The van der Waals surface area contributed by atoms with Crippen LogP contribution in [0.1, 0.15) is 59.8 Å². The van der Waals surface area contributed by atoms with E-state index in [1.165, 1.54) is 0 Å². The lowest BCUT2D eigenvalue weighted by atomic mass is 9.88. The summed E-state index contributed by atoms with van der Waals surface area (Å²) >= 11 is 0. The maximum absolute atomic E-state index is 12.0. The van der Waals surface area contributed by atoms with Gasteiger partial charge in [0.05, 0.1) is 6.10 Å². The molecule has 1 aliphatic carbocycles. The van der Waals surface area contributed by atoms with Gasteiger partial charge < -0.3 is 15.2 Å². The van der Waals surface area contributed by atoms with Crippen LogP contribution in [-0.2, 0) is 9.53 Å². The third-order valence-corrected chi connectivity index (χ3v) is 4.16. The Labute approximate surface area is 116 Å². The Hall–Kier alpha value is -0.610. The number of carbonyl (C=O) groups is 1. The van der Waals surface area contributed by atoms with Gasteiger partial charge in [0.25, 0.3) is 0 Å². The molecular weight excluding hydrogens is 242 g/mol. The molecule has 4 heteroatoms. The Balaban J connectivity index is 2.34. The maximum Gasteiger partial charge on any atom is 0.249 e. The van der Waals surface area contributed by atoms with Crippen molar-refractivity contribution >= 4 is 5.91 Å². The largest absolute Gasteiger partial charge is 0.396 e. The Bertz CT molecular complexity index is 283. The first kappa shape index (κ1) is 16.4. The van der Waals surface area contributed by atoms with Crippen molar-refractivity contribution in [2.24, 2.45) is 5.92 Å². The second kappa shape index (κ2) is 7.25. The predicted octanol–water partition coefficient (Wildman–Crippen LogP) is 2.25. The van der Waals surface area contributed by atoms with Crippen molar-refractivity contribution < 1.29 is 14.6 Å². The topological polar surface area (TPSA) is 58.6 Å². The zero-order chi connectivity index (χ0) is 14.5. The molecular formula is C15H29NO3. The van der Waals surface area contributed by atoms with Crippen LogP contribution in [-0.4, -0.2) is 35.4 Å². The van der Waals surface area contributed by atoms with Crippen LogP contribution in [0.3, 0.4) is 0 Å². The molecule has 4 nitrogen and oxygen atoms in total. The second-order valence-corrected chi connectivity index (χ2v) is 6.33. The Kier molecular flexibility index (Phi) is 6.27. The van der Waals surface area contributed by atoms with Gasteiger partial charge in [-0.25, -0.2) is 0 Å². The fourth-order valence-electron chi connectivity index (χ4n) is 2.32. The molecule has 0 aliphatic heterocycles. The van der Waals surface area contributed by atoms with Gasteiger partial charge in [-0.1, -0.05) is 6.92 Å². The third kappa shape index (κ3) is 5.49. The van der Waals surface area contributed by atoms with E-state index in [0.29, 0.717) is 5.92 Å². The number of rotatable bonds is 6. The molecule has 19 heavy (non-hydrogen) atoms. The SMILES string of the molecule is CCC(C)(C)NC(=O)C(C)OC1CCC(CO)CC1. The molecule has 2 N–H and O–H groups in total. The van der Waals surface area contributed by atoms with E-state index >= 15 is 0 Å². The molecule has 1 amide bonds. The summed E-state index contributed by atoms with van der Waals surface area (Å²) in [6.07, 6.45) is 4.54. The fourth-order valence-corrected chi connectivity index (χ4v) is 2.32. The van der Waals surface area contributed by atoms with E-state index in [4.69, 9.17) is 9.84 Å². The van der Waals surface area contributed by atoms with E-state index < -0.39 is 6.10 Å². The van der Waals surface area contributed by atoms with Gasteiger partial charge in [0, 0.05) is 12.1 Å². The van der Waals surface area contributed by atoms with Crippen LogP contribution >= 0.6 is 0 Å². The molecule has 112 valence electrons. The normalized spacial score (nSPS) is 25.9. The molecule has 0 aromatic carbocycles. The van der Waals surface area contributed by atoms with E-state index in [1.54, 1.807) is 0 Å². The highest BCUT2D eigenvalue weighted by molar-refractivity contribution is 5.81. The second-order valence-electron chi connectivity index (χ2n) is 6.33. The predicted molar refractivity (Wildman–Crippen MR) is 75.9 cm³/mol. The maximum atomic E-state index is 12.0. The van der Waals surface area contributed by atoms with Crippen molar-refractivity contribution in [1.82, 2.24) is 5.32 Å². The third-order valence-electron chi connectivity index (χ3n) is 4.16. The standard InChI is InChI=1S/C15H29NO3/c1-5-15(3,4)16-14(18)11(2)19-13-8-6-12(10-17)7-9-13/h11-13,17H,5-10H2,1-4H3,(H,16,18). The van der Waals surface area contributed by atoms with Crippen LogP contribution in [0.5, 0.6) is 0 Å². The van der Waals surface area contributed by atoms with Gasteiger partial charge in [0.15, 0.2) is 0 Å². The van der Waals surface area contributed by atoms with Crippen molar-refractivity contribution in [1.29, 1.82) is 0 Å². The van der Waals surface area contributed by atoms with Crippen LogP contribution in [0.4, 0.5) is 0 Å². The van der Waals surface area contributed by atoms with Crippen molar-refractivity contribution in [2.75, 3.05) is 6.61 Å². The lowest BCUT2D eigenvalue weighted by molar-refractivity contribution is -0.138. The first-order valence-electron chi connectivity index (χ1n) is 7.46. The quantitative estimate of drug-likeness (QED) is 0.779. The molecule has 0 spiro atoms. The first-order chi connectivity index (χ1) is 8.88. The molecule has 0 aromatic heterocycles. The van der Waals surface area contributed by atoms with Gasteiger partial charge in [-0.3, -0.25) is 4.79 Å². The zero-order valence-corrected chi connectivity index (χ0v) is 12.7. The molecule has 1 unspecified atom stereocenters. The minimum atomic E-state index is -0.401. The Morgan fingerprint density at radius 1 is 1.37 bits per heavy atom. The van der Waals surface area contributed by atoms with Crippen molar-refractivity contribution in [3.8, 4) is 0 Å². The minimum absolute atomic E-state index is 0.0314. The minimum Gasteiger partial charge on any atom is -0.396 e. The Morgan fingerprint density at radius 3 is 2.42 bits per heavy atom. The van der Waals surface area contributed by atoms with Gasteiger partial charge in [-0.05, 0) is 58.8 Å². The molecule has 0 bridgehead atoms. The fraction of sp³-hybridized carbons (Fsp3) is 0.933. The summed E-state index contributed by atoms with van der Waals surface area (Å²) in [6, 6.07) is 0. The van der Waals surface area contributed by atoms with Crippen molar-refractivity contribution in [3.05, 3.63) is 0 Å². The summed E-state index contributed by atoms with van der Waals surface area (Å²) in [4.78, 5) is 12.0. The van der Waals surface area contributed by atoms with Gasteiger partial charge in [-0.2, -0.15) is 0 Å². The zero-order valence-electron chi connectivity index (χ0n) is 12.7. The molecule has 1 atom stereocenters. The monoisotopic (exact) mass is 271 g/mol. The summed E-state index contributed by atoms with van der Waals surface area (Å²) in [5, 5.41) is 12.1. The van der Waals surface area contributed by atoms with Crippen LogP contribution in [0.25, 0.3) is 0 Å². The summed E-state index contributed by atoms with van der Waals surface area (Å²) < 4.78 is 5.84. The van der Waals surface area contributed by atoms with Gasteiger partial charge in [0.2, 0.25) is 5.91 Å². The number of amides is 1. The van der Waals surface area contributed by atoms with Gasteiger partial charge in [-0.15, -0.1) is 0 Å². The smallest absolute Gasteiger partial charge is 0.249 e. The van der Waals surface area contributed by atoms with E-state index in [-0.39, 0.29) is 24.2 Å². The molecule has 1 fully saturated rings. The summed E-state index contributed by atoms with van der Waals surface area (Å²) in [6.45, 7) is 8.18. The number of aliphatic hydroxyl groups is 1. The van der Waals surface area contributed by atoms with E-state index in [2.05, 4.69) is 12.2 Å². The number of hydrogen-bond acceptors (Lipinski definition) is 3. The molecule has 0 saturated heterocycles. The van der Waals surface area contributed by atoms with Crippen LogP contribution < -0.4 is 5.32 Å². The lowest BCUT2D eigenvalue weighted by Gasteiger charge is -2.31. The average molecular weight is 271 g/mol. The molecule has 1 aliphatic rings. The van der Waals surface area contributed by atoms with Gasteiger partial charge >= 0.3 is 0 Å². The number of ether oxygens (including phenoxy) is 1. The number of carbonyl (C=O) groups excluding carboxylic acids is 1. The van der Waals surface area contributed by atoms with Crippen molar-refractivity contribution in [3.63, 3.8) is 0 Å². The highest BCUT2D eigenvalue weighted by atomic mass is 16.5.